The van der Waals surface area contributed by atoms with Crippen LogP contribution in [0.5, 0.6) is 0 Å². The number of aromatic nitrogens is 3. The molecule has 6 nitrogen and oxygen atoms in total. The molecule has 1 amide bonds. The fourth-order valence-corrected chi connectivity index (χ4v) is 4.00. The fraction of sp³-hybridized carbons (Fsp3) is 0.286. The summed E-state index contributed by atoms with van der Waals surface area (Å²) < 4.78 is 15.6. The number of aryl methyl sites for hydroxylation is 1. The van der Waals surface area contributed by atoms with Gasteiger partial charge in [0.25, 0.3) is 0 Å². The van der Waals surface area contributed by atoms with Crippen molar-refractivity contribution < 1.29 is 14.3 Å². The first-order valence-electron chi connectivity index (χ1n) is 9.34. The van der Waals surface area contributed by atoms with E-state index in [9.17, 15) is 14.3 Å². The number of fused-ring (bicyclic) bond motifs is 1. The van der Waals surface area contributed by atoms with Crippen LogP contribution in [-0.2, 0) is 11.3 Å². The Morgan fingerprint density at radius 2 is 2.00 bits per heavy atom. The van der Waals surface area contributed by atoms with E-state index in [2.05, 4.69) is 15.4 Å². The van der Waals surface area contributed by atoms with Crippen LogP contribution in [0, 0.1) is 5.82 Å². The van der Waals surface area contributed by atoms with Crippen molar-refractivity contribution in [1.29, 1.82) is 0 Å². The lowest BCUT2D eigenvalue weighted by molar-refractivity contribution is -0.120. The first kappa shape index (κ1) is 19.5. The van der Waals surface area contributed by atoms with Crippen LogP contribution in [0.1, 0.15) is 42.8 Å². The van der Waals surface area contributed by atoms with Gasteiger partial charge in [0.05, 0.1) is 23.1 Å². The van der Waals surface area contributed by atoms with Gasteiger partial charge in [0, 0.05) is 19.0 Å². The van der Waals surface area contributed by atoms with Gasteiger partial charge in [-0.05, 0) is 36.2 Å². The van der Waals surface area contributed by atoms with Gasteiger partial charge < -0.3 is 10.4 Å². The summed E-state index contributed by atoms with van der Waals surface area (Å²) in [5.74, 6) is -0.327. The van der Waals surface area contributed by atoms with E-state index in [0.29, 0.717) is 23.8 Å². The Labute approximate surface area is 172 Å². The van der Waals surface area contributed by atoms with Crippen LogP contribution in [0.15, 0.2) is 42.5 Å². The summed E-state index contributed by atoms with van der Waals surface area (Å²) in [4.78, 5) is 16.3. The van der Waals surface area contributed by atoms with E-state index in [1.54, 1.807) is 10.7 Å². The van der Waals surface area contributed by atoms with Crippen molar-refractivity contribution in [2.75, 3.05) is 0 Å². The van der Waals surface area contributed by atoms with Crippen LogP contribution in [0.2, 0.25) is 5.02 Å². The summed E-state index contributed by atoms with van der Waals surface area (Å²) >= 11 is 5.78. The first-order chi connectivity index (χ1) is 13.9. The highest BCUT2D eigenvalue weighted by atomic mass is 35.5. The van der Waals surface area contributed by atoms with E-state index >= 15 is 0 Å². The second kappa shape index (κ2) is 7.57. The highest BCUT2D eigenvalue weighted by molar-refractivity contribution is 6.30. The van der Waals surface area contributed by atoms with Crippen LogP contribution >= 0.6 is 11.6 Å². The highest BCUT2D eigenvalue weighted by Crippen LogP contribution is 2.44. The Hall–Kier alpha value is -2.77. The molecule has 2 N–H and O–H groups in total. The van der Waals surface area contributed by atoms with Crippen molar-refractivity contribution in [2.24, 2.45) is 0 Å². The molecule has 150 valence electrons. The average molecular weight is 415 g/mol. The third-order valence-corrected chi connectivity index (χ3v) is 5.47. The third-order valence-electron chi connectivity index (χ3n) is 5.16. The van der Waals surface area contributed by atoms with Gasteiger partial charge in [-0.2, -0.15) is 5.10 Å². The van der Waals surface area contributed by atoms with Gasteiger partial charge in [0.2, 0.25) is 5.91 Å². The smallest absolute Gasteiger partial charge is 0.217 e. The van der Waals surface area contributed by atoms with E-state index < -0.39 is 23.9 Å². The Morgan fingerprint density at radius 3 is 2.66 bits per heavy atom. The fourth-order valence-electron chi connectivity index (χ4n) is 3.89. The molecule has 29 heavy (non-hydrogen) atoms. The molecule has 0 aliphatic heterocycles. The lowest BCUT2D eigenvalue weighted by Gasteiger charge is -2.20. The number of nitrogens with one attached hydrogen (secondary N) is 1. The molecule has 0 bridgehead atoms. The largest absolute Gasteiger partial charge is 0.390 e. The predicted octanol–water partition coefficient (Wildman–Crippen LogP) is 3.44. The van der Waals surface area contributed by atoms with Gasteiger partial charge in [-0.15, -0.1) is 0 Å². The molecule has 0 radical (unpaired) electrons. The molecule has 0 saturated heterocycles. The zero-order valence-corrected chi connectivity index (χ0v) is 16.7. The first-order valence-corrected chi connectivity index (χ1v) is 9.72. The lowest BCUT2D eigenvalue weighted by Crippen LogP contribution is -2.34. The molecule has 3 aromatic rings. The molecule has 1 aliphatic carbocycles. The Kier molecular flexibility index (Phi) is 5.10. The molecule has 1 aromatic heterocycles. The maximum atomic E-state index is 13.9. The monoisotopic (exact) mass is 414 g/mol. The second-order valence-corrected chi connectivity index (χ2v) is 7.42. The average Bonchev–Trinajstić information content (AvgIpc) is 3.23. The van der Waals surface area contributed by atoms with Crippen molar-refractivity contribution in [3.05, 3.63) is 70.3 Å². The van der Waals surface area contributed by atoms with Gasteiger partial charge in [0.15, 0.2) is 5.82 Å². The van der Waals surface area contributed by atoms with Gasteiger partial charge in [-0.3, -0.25) is 4.79 Å². The van der Waals surface area contributed by atoms with Crippen LogP contribution in [0.3, 0.4) is 0 Å². The van der Waals surface area contributed by atoms with Crippen molar-refractivity contribution >= 4 is 17.5 Å². The number of nitrogens with zero attached hydrogens (tertiary/aromatic N) is 3. The van der Waals surface area contributed by atoms with E-state index in [0.717, 1.165) is 11.1 Å². The van der Waals surface area contributed by atoms with Gasteiger partial charge in [-0.1, -0.05) is 35.9 Å². The number of aliphatic hydroxyl groups excluding tert-OH is 1. The van der Waals surface area contributed by atoms with E-state index in [4.69, 9.17) is 11.6 Å². The Bertz CT molecular complexity index is 1080. The highest BCUT2D eigenvalue weighted by Gasteiger charge is 2.43. The molecule has 2 aromatic carbocycles. The van der Waals surface area contributed by atoms with Crippen LogP contribution in [0.25, 0.3) is 11.4 Å². The maximum Gasteiger partial charge on any atom is 0.217 e. The quantitative estimate of drug-likeness (QED) is 0.685. The van der Waals surface area contributed by atoms with Crippen molar-refractivity contribution in [3.63, 3.8) is 0 Å². The number of aliphatic hydroxyl groups is 1. The number of carbonyl (C=O) groups excluding carboxylic acids is 1. The molecule has 4 rings (SSSR count). The molecule has 1 heterocycles. The number of amides is 1. The van der Waals surface area contributed by atoms with Crippen LogP contribution in [-0.4, -0.2) is 31.9 Å². The standard InChI is InChI=1S/C21H20ClFN4O2/c1-3-27-21(25-20(26-27)12-8-9-15(22)16(23)10-12)17-13-6-4-5-7-14(13)18(19(17)29)24-11(2)28/h4-10,17-19,29H,3H2,1-2H3,(H,24,28)/t17?,18-,19+/m1/s1. The number of hydrogen-bond acceptors (Lipinski definition) is 4. The summed E-state index contributed by atoms with van der Waals surface area (Å²) in [6.45, 7) is 3.86. The SMILES string of the molecule is CCn1nc(-c2ccc(Cl)c(F)c2)nc1C1c2ccccc2[C@@H](NC(C)=O)[C@H]1O. The third kappa shape index (κ3) is 3.41. The number of halogens is 2. The summed E-state index contributed by atoms with van der Waals surface area (Å²) in [6.07, 6.45) is -0.902. The topological polar surface area (TPSA) is 80.0 Å². The van der Waals surface area contributed by atoms with Gasteiger partial charge >= 0.3 is 0 Å². The molecule has 1 unspecified atom stereocenters. The number of hydrogen-bond donors (Lipinski definition) is 2. The molecular weight excluding hydrogens is 395 g/mol. The Morgan fingerprint density at radius 1 is 1.28 bits per heavy atom. The number of carbonyl (C=O) groups is 1. The molecule has 0 spiro atoms. The van der Waals surface area contributed by atoms with Crippen LogP contribution in [0.4, 0.5) is 4.39 Å². The van der Waals surface area contributed by atoms with E-state index in [-0.39, 0.29) is 10.9 Å². The molecule has 0 saturated carbocycles. The molecule has 3 atom stereocenters. The summed E-state index contributed by atoms with van der Waals surface area (Å²) in [7, 11) is 0. The summed E-state index contributed by atoms with van der Waals surface area (Å²) in [6, 6.07) is 11.4. The molecular formula is C21H20ClFN4O2. The second-order valence-electron chi connectivity index (χ2n) is 7.01. The number of rotatable bonds is 4. The van der Waals surface area contributed by atoms with Crippen molar-refractivity contribution in [1.82, 2.24) is 20.1 Å². The van der Waals surface area contributed by atoms with Crippen LogP contribution < -0.4 is 5.32 Å². The lowest BCUT2D eigenvalue weighted by atomic mass is 9.98. The summed E-state index contributed by atoms with van der Waals surface area (Å²) in [5.41, 5.74) is 2.24. The van der Waals surface area contributed by atoms with E-state index in [1.165, 1.54) is 19.1 Å². The van der Waals surface area contributed by atoms with Crippen molar-refractivity contribution in [3.8, 4) is 11.4 Å². The zero-order valence-electron chi connectivity index (χ0n) is 15.9. The molecule has 0 fully saturated rings. The molecule has 1 aliphatic rings. The minimum atomic E-state index is -0.902. The minimum Gasteiger partial charge on any atom is -0.390 e. The maximum absolute atomic E-state index is 13.9. The van der Waals surface area contributed by atoms with Gasteiger partial charge in [-0.25, -0.2) is 14.1 Å². The minimum absolute atomic E-state index is 0.0298. The predicted molar refractivity (Wildman–Crippen MR) is 107 cm³/mol. The summed E-state index contributed by atoms with van der Waals surface area (Å²) in [5, 5.41) is 18.4. The van der Waals surface area contributed by atoms with Gasteiger partial charge in [0.1, 0.15) is 11.6 Å². The number of benzene rings is 2. The molecule has 8 heteroatoms. The normalized spacial score (nSPS) is 20.5. The zero-order chi connectivity index (χ0) is 20.7. The Balaban J connectivity index is 1.81. The van der Waals surface area contributed by atoms with Crippen molar-refractivity contribution in [2.45, 2.75) is 38.5 Å². The van der Waals surface area contributed by atoms with E-state index in [1.807, 2.05) is 31.2 Å².